The molecule has 0 atom stereocenters. The van der Waals surface area contributed by atoms with Crippen molar-refractivity contribution in [3.63, 3.8) is 0 Å². The van der Waals surface area contributed by atoms with E-state index in [0.29, 0.717) is 0 Å². The first-order valence-corrected chi connectivity index (χ1v) is 11.2. The SMILES string of the molecule is C/C=C/C=N\c1c(CCC)c(CCC)c(CCC)c(/N=C/C=C/C)c1CCC. The van der Waals surface area contributed by atoms with Crippen molar-refractivity contribution in [1.29, 1.82) is 0 Å². The van der Waals surface area contributed by atoms with Crippen LogP contribution in [0.2, 0.25) is 0 Å². The quantitative estimate of drug-likeness (QED) is 0.328. The monoisotopic (exact) mass is 380 g/mol. The topological polar surface area (TPSA) is 24.7 Å². The summed E-state index contributed by atoms with van der Waals surface area (Å²) in [6.45, 7) is 13.1. The van der Waals surface area contributed by atoms with Gasteiger partial charge in [0.1, 0.15) is 0 Å². The van der Waals surface area contributed by atoms with Gasteiger partial charge in [0.15, 0.2) is 0 Å². The van der Waals surface area contributed by atoms with Crippen molar-refractivity contribution in [1.82, 2.24) is 0 Å². The molecule has 0 saturated heterocycles. The summed E-state index contributed by atoms with van der Waals surface area (Å²) in [5, 5.41) is 0. The highest BCUT2D eigenvalue weighted by molar-refractivity contribution is 5.82. The third-order valence-corrected chi connectivity index (χ3v) is 4.84. The summed E-state index contributed by atoms with van der Waals surface area (Å²) in [4.78, 5) is 9.92. The third-order valence-electron chi connectivity index (χ3n) is 4.84. The number of benzene rings is 1. The lowest BCUT2D eigenvalue weighted by molar-refractivity contribution is 0.816. The zero-order valence-corrected chi connectivity index (χ0v) is 19.0. The van der Waals surface area contributed by atoms with Gasteiger partial charge in [0, 0.05) is 18.0 Å². The van der Waals surface area contributed by atoms with Crippen LogP contribution in [0.25, 0.3) is 0 Å². The molecule has 0 aromatic heterocycles. The summed E-state index contributed by atoms with van der Waals surface area (Å²) in [5.41, 5.74) is 8.11. The van der Waals surface area contributed by atoms with Gasteiger partial charge in [0.25, 0.3) is 0 Å². The van der Waals surface area contributed by atoms with Crippen molar-refractivity contribution in [3.8, 4) is 0 Å². The van der Waals surface area contributed by atoms with E-state index >= 15 is 0 Å². The predicted octanol–water partition coefficient (Wildman–Crippen LogP) is 8.05. The Kier molecular flexibility index (Phi) is 12.1. The van der Waals surface area contributed by atoms with E-state index in [4.69, 9.17) is 9.98 Å². The average molecular weight is 381 g/mol. The Morgan fingerprint density at radius 1 is 0.536 bits per heavy atom. The maximum absolute atomic E-state index is 4.96. The smallest absolute Gasteiger partial charge is 0.0718 e. The summed E-state index contributed by atoms with van der Waals surface area (Å²) in [6.07, 6.45) is 20.8. The molecule has 0 radical (unpaired) electrons. The van der Waals surface area contributed by atoms with Crippen LogP contribution < -0.4 is 0 Å². The van der Waals surface area contributed by atoms with Crippen molar-refractivity contribution in [2.75, 3.05) is 0 Å². The van der Waals surface area contributed by atoms with Gasteiger partial charge >= 0.3 is 0 Å². The highest BCUT2D eigenvalue weighted by Crippen LogP contribution is 2.42. The van der Waals surface area contributed by atoms with Crippen LogP contribution in [-0.4, -0.2) is 12.4 Å². The van der Waals surface area contributed by atoms with Gasteiger partial charge < -0.3 is 0 Å². The van der Waals surface area contributed by atoms with E-state index in [1.165, 1.54) is 33.6 Å². The summed E-state index contributed by atoms with van der Waals surface area (Å²) >= 11 is 0. The van der Waals surface area contributed by atoms with Crippen LogP contribution >= 0.6 is 0 Å². The van der Waals surface area contributed by atoms with Crippen molar-refractivity contribution < 1.29 is 0 Å². The van der Waals surface area contributed by atoms with Gasteiger partial charge in [-0.15, -0.1) is 0 Å². The molecule has 28 heavy (non-hydrogen) atoms. The minimum absolute atomic E-state index is 1.02. The first-order chi connectivity index (χ1) is 13.7. The highest BCUT2D eigenvalue weighted by atomic mass is 14.8. The average Bonchev–Trinajstić information content (AvgIpc) is 2.69. The van der Waals surface area contributed by atoms with Crippen LogP contribution in [0, 0.1) is 0 Å². The second-order valence-corrected chi connectivity index (χ2v) is 7.22. The summed E-state index contributed by atoms with van der Waals surface area (Å²) < 4.78 is 0. The first kappa shape index (κ1) is 24.1. The van der Waals surface area contributed by atoms with Crippen molar-refractivity contribution in [3.05, 3.63) is 46.6 Å². The molecule has 0 N–H and O–H groups in total. The van der Waals surface area contributed by atoms with E-state index in [1.54, 1.807) is 0 Å². The Labute approximate surface area is 173 Å². The van der Waals surface area contributed by atoms with Crippen LogP contribution in [0.1, 0.15) is 89.5 Å². The lowest BCUT2D eigenvalue weighted by Crippen LogP contribution is -2.06. The predicted molar refractivity (Wildman–Crippen MR) is 128 cm³/mol. The van der Waals surface area contributed by atoms with Crippen molar-refractivity contribution >= 4 is 23.8 Å². The Balaban J connectivity index is 3.95. The summed E-state index contributed by atoms with van der Waals surface area (Å²) in [7, 11) is 0. The highest BCUT2D eigenvalue weighted by Gasteiger charge is 2.21. The Bertz CT molecular complexity index is 653. The number of rotatable bonds is 12. The van der Waals surface area contributed by atoms with Crippen molar-refractivity contribution in [2.24, 2.45) is 9.98 Å². The zero-order chi connectivity index (χ0) is 20.8. The molecule has 2 nitrogen and oxygen atoms in total. The minimum atomic E-state index is 1.02. The number of nitrogens with zero attached hydrogens (tertiary/aromatic N) is 2. The van der Waals surface area contributed by atoms with Gasteiger partial charge in [-0.1, -0.05) is 65.5 Å². The minimum Gasteiger partial charge on any atom is -0.256 e. The second kappa shape index (κ2) is 14.1. The van der Waals surface area contributed by atoms with E-state index in [0.717, 1.165) is 51.4 Å². The van der Waals surface area contributed by atoms with Gasteiger partial charge in [0.2, 0.25) is 0 Å². The lowest BCUT2D eigenvalue weighted by Gasteiger charge is -2.23. The molecule has 0 fully saturated rings. The molecule has 0 aliphatic heterocycles. The molecule has 0 heterocycles. The molecule has 0 spiro atoms. The molecule has 154 valence electrons. The van der Waals surface area contributed by atoms with E-state index in [1.807, 2.05) is 50.6 Å². The molecule has 0 bridgehead atoms. The lowest BCUT2D eigenvalue weighted by atomic mass is 9.85. The molecule has 0 amide bonds. The maximum atomic E-state index is 4.96. The summed E-state index contributed by atoms with van der Waals surface area (Å²) in [5.74, 6) is 0. The molecular formula is C26H40N2. The van der Waals surface area contributed by atoms with Crippen LogP contribution in [0.5, 0.6) is 0 Å². The fourth-order valence-electron chi connectivity index (χ4n) is 3.74. The molecule has 1 rings (SSSR count). The Hall–Kier alpha value is -1.96. The molecule has 0 aliphatic carbocycles. The molecule has 0 unspecified atom stereocenters. The van der Waals surface area contributed by atoms with Crippen LogP contribution in [0.3, 0.4) is 0 Å². The molecule has 1 aromatic carbocycles. The Morgan fingerprint density at radius 3 is 1.25 bits per heavy atom. The van der Waals surface area contributed by atoms with Gasteiger partial charge in [-0.05, 0) is 68.4 Å². The molecule has 1 aromatic rings. The molecule has 0 aliphatic rings. The number of hydrogen-bond acceptors (Lipinski definition) is 2. The van der Waals surface area contributed by atoms with E-state index in [9.17, 15) is 0 Å². The molecule has 0 saturated carbocycles. The molecule has 2 heteroatoms. The van der Waals surface area contributed by atoms with Gasteiger partial charge in [-0.3, -0.25) is 9.98 Å². The van der Waals surface area contributed by atoms with Crippen molar-refractivity contribution in [2.45, 2.75) is 92.9 Å². The number of allylic oxidation sites excluding steroid dienone is 4. The first-order valence-electron chi connectivity index (χ1n) is 11.2. The molecular weight excluding hydrogens is 340 g/mol. The number of aliphatic imine (C=N–C) groups is 2. The van der Waals surface area contributed by atoms with Crippen LogP contribution in [0.15, 0.2) is 34.3 Å². The van der Waals surface area contributed by atoms with Gasteiger partial charge in [-0.25, -0.2) is 0 Å². The zero-order valence-electron chi connectivity index (χ0n) is 19.0. The Morgan fingerprint density at radius 2 is 0.893 bits per heavy atom. The van der Waals surface area contributed by atoms with E-state index in [2.05, 4.69) is 27.7 Å². The van der Waals surface area contributed by atoms with Gasteiger partial charge in [-0.2, -0.15) is 0 Å². The standard InChI is InChI=1S/C26H40N2/c1-7-13-19-27-25-22(16-10-4)21(15-9-3)23(17-11-5)26(24(25)18-12-6)28-20-14-8-2/h7-8,13-14,19-20H,9-12,15-18H2,1-6H3/b13-7+,14-8+,27-19-,28-20+. The number of hydrogen-bond donors (Lipinski definition) is 0. The van der Waals surface area contributed by atoms with E-state index < -0.39 is 0 Å². The van der Waals surface area contributed by atoms with Crippen LogP contribution in [0.4, 0.5) is 11.4 Å². The fourth-order valence-corrected chi connectivity index (χ4v) is 3.74. The normalized spacial score (nSPS) is 12.5. The largest absolute Gasteiger partial charge is 0.256 e. The second-order valence-electron chi connectivity index (χ2n) is 7.22. The van der Waals surface area contributed by atoms with Gasteiger partial charge in [0.05, 0.1) is 11.4 Å². The fraction of sp³-hybridized carbons (Fsp3) is 0.538. The third kappa shape index (κ3) is 6.58. The summed E-state index contributed by atoms with van der Waals surface area (Å²) in [6, 6.07) is 0. The van der Waals surface area contributed by atoms with Crippen LogP contribution in [-0.2, 0) is 25.7 Å². The maximum Gasteiger partial charge on any atom is 0.0718 e. The van der Waals surface area contributed by atoms with E-state index in [-0.39, 0.29) is 0 Å².